The molecule has 110 valence electrons. The number of phenolic OH excluding ortho intramolecular Hbond substituents is 2. The van der Waals surface area contributed by atoms with Crippen molar-refractivity contribution < 1.29 is 15.1 Å². The van der Waals surface area contributed by atoms with Crippen LogP contribution in [0.2, 0.25) is 0 Å². The summed E-state index contributed by atoms with van der Waals surface area (Å²) in [5.74, 6) is 0.0393. The molecule has 1 atom stereocenters. The molecule has 3 N–H and O–H groups in total. The van der Waals surface area contributed by atoms with Gasteiger partial charge in [0.25, 0.3) is 5.69 Å². The van der Waals surface area contributed by atoms with Crippen LogP contribution < -0.4 is 5.32 Å². The fraction of sp³-hybridized carbons (Fsp3) is 0.200. The maximum absolute atomic E-state index is 11.1. The van der Waals surface area contributed by atoms with Crippen LogP contribution >= 0.6 is 0 Å². The van der Waals surface area contributed by atoms with Gasteiger partial charge >= 0.3 is 0 Å². The lowest BCUT2D eigenvalue weighted by Crippen LogP contribution is -2.08. The van der Waals surface area contributed by atoms with Crippen molar-refractivity contribution in [2.24, 2.45) is 0 Å². The molecule has 0 saturated heterocycles. The topological polar surface area (TPSA) is 95.6 Å². The molecule has 0 saturated carbocycles. The molecule has 21 heavy (non-hydrogen) atoms. The van der Waals surface area contributed by atoms with Gasteiger partial charge in [0.05, 0.1) is 11.0 Å². The number of nitrogens with zero attached hydrogens (tertiary/aromatic N) is 1. The van der Waals surface area contributed by atoms with Gasteiger partial charge in [-0.05, 0) is 43.7 Å². The molecule has 0 spiro atoms. The molecule has 2 aromatic rings. The molecule has 0 aliphatic heterocycles. The maximum Gasteiger partial charge on any atom is 0.292 e. The predicted molar refractivity (Wildman–Crippen MR) is 79.6 cm³/mol. The number of benzene rings is 2. The fourth-order valence-electron chi connectivity index (χ4n) is 2.11. The number of aromatic hydroxyl groups is 2. The van der Waals surface area contributed by atoms with E-state index in [1.165, 1.54) is 24.3 Å². The number of nitro benzene ring substituents is 1. The molecule has 0 bridgehead atoms. The van der Waals surface area contributed by atoms with Gasteiger partial charge in [-0.3, -0.25) is 10.1 Å². The van der Waals surface area contributed by atoms with E-state index >= 15 is 0 Å². The SMILES string of the molecule is Cc1ccc(NC(C)c2cc(O)ccc2O)c([N+](=O)[O-])c1. The Morgan fingerprint density at radius 2 is 1.90 bits per heavy atom. The van der Waals surface area contributed by atoms with E-state index in [2.05, 4.69) is 5.32 Å². The molecule has 0 aromatic heterocycles. The van der Waals surface area contributed by atoms with Crippen molar-refractivity contribution in [3.63, 3.8) is 0 Å². The fourth-order valence-corrected chi connectivity index (χ4v) is 2.11. The zero-order valence-electron chi connectivity index (χ0n) is 11.7. The quantitative estimate of drug-likeness (QED) is 0.454. The second-order valence-corrected chi connectivity index (χ2v) is 4.89. The van der Waals surface area contributed by atoms with E-state index in [-0.39, 0.29) is 17.2 Å². The second-order valence-electron chi connectivity index (χ2n) is 4.89. The van der Waals surface area contributed by atoms with Crippen LogP contribution in [0.5, 0.6) is 11.5 Å². The Kier molecular flexibility index (Phi) is 3.98. The minimum Gasteiger partial charge on any atom is -0.508 e. The summed E-state index contributed by atoms with van der Waals surface area (Å²) in [5.41, 5.74) is 1.59. The number of anilines is 1. The Labute approximate surface area is 121 Å². The lowest BCUT2D eigenvalue weighted by molar-refractivity contribution is -0.384. The van der Waals surface area contributed by atoms with Gasteiger partial charge in [0, 0.05) is 11.6 Å². The summed E-state index contributed by atoms with van der Waals surface area (Å²) in [6, 6.07) is 8.66. The summed E-state index contributed by atoms with van der Waals surface area (Å²) < 4.78 is 0. The average molecular weight is 288 g/mol. The van der Waals surface area contributed by atoms with Crippen LogP contribution in [0, 0.1) is 17.0 Å². The third-order valence-electron chi connectivity index (χ3n) is 3.20. The first kappa shape index (κ1) is 14.6. The van der Waals surface area contributed by atoms with Crippen LogP contribution in [0.3, 0.4) is 0 Å². The monoisotopic (exact) mass is 288 g/mol. The molecular weight excluding hydrogens is 272 g/mol. The number of aryl methyl sites for hydroxylation is 1. The Balaban J connectivity index is 2.33. The van der Waals surface area contributed by atoms with Crippen molar-refractivity contribution in [3.05, 3.63) is 57.6 Å². The van der Waals surface area contributed by atoms with Gasteiger partial charge < -0.3 is 15.5 Å². The predicted octanol–water partition coefficient (Wildman–Crippen LogP) is 3.49. The van der Waals surface area contributed by atoms with Crippen molar-refractivity contribution in [1.29, 1.82) is 0 Å². The molecule has 0 aliphatic carbocycles. The number of nitro groups is 1. The van der Waals surface area contributed by atoms with Crippen LogP contribution in [0.4, 0.5) is 11.4 Å². The second kappa shape index (κ2) is 5.70. The molecule has 0 heterocycles. The molecule has 6 heteroatoms. The number of nitrogens with one attached hydrogen (secondary N) is 1. The standard InChI is InChI=1S/C15H16N2O4/c1-9-3-5-13(14(7-9)17(20)21)16-10(2)12-8-11(18)4-6-15(12)19/h3-8,10,16,18-19H,1-2H3. The summed E-state index contributed by atoms with van der Waals surface area (Å²) in [6.07, 6.45) is 0. The van der Waals surface area contributed by atoms with Gasteiger partial charge in [-0.15, -0.1) is 0 Å². The van der Waals surface area contributed by atoms with E-state index in [0.717, 1.165) is 5.56 Å². The van der Waals surface area contributed by atoms with Gasteiger partial charge in [0.15, 0.2) is 0 Å². The molecule has 0 radical (unpaired) electrons. The van der Waals surface area contributed by atoms with E-state index < -0.39 is 11.0 Å². The third-order valence-corrected chi connectivity index (χ3v) is 3.20. The zero-order chi connectivity index (χ0) is 15.6. The normalized spacial score (nSPS) is 11.9. The largest absolute Gasteiger partial charge is 0.508 e. The Hall–Kier alpha value is -2.76. The Morgan fingerprint density at radius 3 is 2.57 bits per heavy atom. The van der Waals surface area contributed by atoms with E-state index in [9.17, 15) is 20.3 Å². The van der Waals surface area contributed by atoms with Crippen molar-refractivity contribution in [3.8, 4) is 11.5 Å². The highest BCUT2D eigenvalue weighted by Crippen LogP contribution is 2.33. The highest BCUT2D eigenvalue weighted by molar-refractivity contribution is 5.63. The molecule has 2 rings (SSSR count). The van der Waals surface area contributed by atoms with Gasteiger partial charge in [-0.2, -0.15) is 0 Å². The average Bonchev–Trinajstić information content (AvgIpc) is 2.43. The van der Waals surface area contributed by atoms with E-state index in [4.69, 9.17) is 0 Å². The van der Waals surface area contributed by atoms with Crippen LogP contribution in [-0.2, 0) is 0 Å². The first-order chi connectivity index (χ1) is 9.88. The Bertz CT molecular complexity index is 685. The minimum absolute atomic E-state index is 0.0163. The molecular formula is C15H16N2O4. The van der Waals surface area contributed by atoms with Crippen molar-refractivity contribution in [1.82, 2.24) is 0 Å². The van der Waals surface area contributed by atoms with Crippen LogP contribution in [-0.4, -0.2) is 15.1 Å². The number of hydrogen-bond acceptors (Lipinski definition) is 5. The van der Waals surface area contributed by atoms with Crippen molar-refractivity contribution in [2.45, 2.75) is 19.9 Å². The lowest BCUT2D eigenvalue weighted by atomic mass is 10.1. The van der Waals surface area contributed by atoms with E-state index in [1.807, 2.05) is 0 Å². The molecule has 0 fully saturated rings. The number of phenols is 2. The summed E-state index contributed by atoms with van der Waals surface area (Å²) in [4.78, 5) is 10.6. The smallest absolute Gasteiger partial charge is 0.292 e. The summed E-state index contributed by atoms with van der Waals surface area (Å²) in [6.45, 7) is 3.53. The molecule has 1 unspecified atom stereocenters. The summed E-state index contributed by atoms with van der Waals surface area (Å²) in [7, 11) is 0. The first-order valence-electron chi connectivity index (χ1n) is 6.42. The van der Waals surface area contributed by atoms with Crippen molar-refractivity contribution >= 4 is 11.4 Å². The molecule has 2 aromatic carbocycles. The maximum atomic E-state index is 11.1. The summed E-state index contributed by atoms with van der Waals surface area (Å²) >= 11 is 0. The lowest BCUT2D eigenvalue weighted by Gasteiger charge is -2.17. The summed E-state index contributed by atoms with van der Waals surface area (Å²) in [5, 5.41) is 33.4. The molecule has 0 amide bonds. The van der Waals surface area contributed by atoms with Crippen LogP contribution in [0.1, 0.15) is 24.1 Å². The van der Waals surface area contributed by atoms with Crippen LogP contribution in [0.15, 0.2) is 36.4 Å². The minimum atomic E-state index is -0.454. The van der Waals surface area contributed by atoms with Gasteiger partial charge in [-0.25, -0.2) is 0 Å². The van der Waals surface area contributed by atoms with Gasteiger partial charge in [0.2, 0.25) is 0 Å². The number of hydrogen-bond donors (Lipinski definition) is 3. The zero-order valence-corrected chi connectivity index (χ0v) is 11.7. The van der Waals surface area contributed by atoms with Crippen LogP contribution in [0.25, 0.3) is 0 Å². The van der Waals surface area contributed by atoms with Gasteiger partial charge in [0.1, 0.15) is 17.2 Å². The highest BCUT2D eigenvalue weighted by atomic mass is 16.6. The number of rotatable bonds is 4. The van der Waals surface area contributed by atoms with E-state index in [0.29, 0.717) is 11.3 Å². The first-order valence-corrected chi connectivity index (χ1v) is 6.42. The third kappa shape index (κ3) is 3.22. The highest BCUT2D eigenvalue weighted by Gasteiger charge is 2.18. The van der Waals surface area contributed by atoms with Crippen molar-refractivity contribution in [2.75, 3.05) is 5.32 Å². The molecule has 6 nitrogen and oxygen atoms in total. The van der Waals surface area contributed by atoms with E-state index in [1.54, 1.807) is 26.0 Å². The Morgan fingerprint density at radius 1 is 1.19 bits per heavy atom. The molecule has 0 aliphatic rings. The van der Waals surface area contributed by atoms with Gasteiger partial charge in [-0.1, -0.05) is 6.07 Å².